The first kappa shape index (κ1) is 31.8. The number of ether oxygens (including phenoxy) is 2. The SMILES string of the molecule is c1ccc(N(c2ccc(-c3cc4c5c(c3)Oc3ccc6ccccc6c3B5c3ccccc3O4)cc2)c2ccc3c(c2)c2ccccc2n3-c2ccccc2)cc1. The highest BCUT2D eigenvalue weighted by Gasteiger charge is 2.41. The van der Waals surface area contributed by atoms with Crippen LogP contribution in [0.5, 0.6) is 23.0 Å². The summed E-state index contributed by atoms with van der Waals surface area (Å²) in [7, 11) is 0. The van der Waals surface area contributed by atoms with Crippen molar-refractivity contribution in [3.63, 3.8) is 0 Å². The normalized spacial score (nSPS) is 12.5. The molecule has 12 rings (SSSR count). The molecule has 0 spiro atoms. The van der Waals surface area contributed by atoms with Gasteiger partial charge in [-0.2, -0.15) is 0 Å². The molecule has 0 saturated heterocycles. The van der Waals surface area contributed by atoms with Crippen LogP contribution in [0.15, 0.2) is 200 Å². The lowest BCUT2D eigenvalue weighted by Crippen LogP contribution is -2.57. The molecule has 9 aromatic carbocycles. The van der Waals surface area contributed by atoms with Gasteiger partial charge in [-0.15, -0.1) is 0 Å². The van der Waals surface area contributed by atoms with Crippen molar-refractivity contribution in [1.82, 2.24) is 4.57 Å². The highest BCUT2D eigenvalue weighted by atomic mass is 16.5. The van der Waals surface area contributed by atoms with Gasteiger partial charge in [-0.25, -0.2) is 0 Å². The lowest BCUT2D eigenvalue weighted by molar-refractivity contribution is 0.465. The maximum Gasteiger partial charge on any atom is 0.261 e. The Kier molecular flexibility index (Phi) is 6.99. The Balaban J connectivity index is 0.969. The molecule has 10 aromatic rings. The van der Waals surface area contributed by atoms with Crippen molar-refractivity contribution >= 4 is 72.7 Å². The zero-order chi connectivity index (χ0) is 37.5. The number of aromatic nitrogens is 1. The summed E-state index contributed by atoms with van der Waals surface area (Å²) in [6.07, 6.45) is 0. The quantitative estimate of drug-likeness (QED) is 0.165. The number of anilines is 3. The lowest BCUT2D eigenvalue weighted by atomic mass is 9.34. The average Bonchev–Trinajstić information content (AvgIpc) is 3.61. The van der Waals surface area contributed by atoms with Crippen LogP contribution in [0.25, 0.3) is 49.4 Å². The van der Waals surface area contributed by atoms with E-state index in [1.807, 2.05) is 6.07 Å². The van der Waals surface area contributed by atoms with Gasteiger partial charge in [0.15, 0.2) is 0 Å². The van der Waals surface area contributed by atoms with E-state index in [0.717, 1.165) is 67.8 Å². The molecule has 0 saturated carbocycles. The molecule has 2 aliphatic rings. The fourth-order valence-electron chi connectivity index (χ4n) is 9.17. The standard InChI is InChI=1S/C52H33BN2O2/c1-3-14-37(15-4-1)54(40-28-29-46-43(33-40)42-19-9-11-21-45(42)55(46)38-16-5-2-6-17-38)39-26-23-34(24-27-39)36-31-49-52-50(32-36)57-48-30-25-35-13-7-8-18-41(35)51(48)53(52)44-20-10-12-22-47(44)56-49/h1-33H. The number of hydrogen-bond donors (Lipinski definition) is 0. The number of para-hydroxylation sites is 4. The molecule has 0 atom stereocenters. The molecule has 3 heterocycles. The predicted molar refractivity (Wildman–Crippen MR) is 236 cm³/mol. The Morgan fingerprint density at radius 2 is 1.02 bits per heavy atom. The Labute approximate surface area is 330 Å². The summed E-state index contributed by atoms with van der Waals surface area (Å²) in [5, 5.41) is 4.84. The molecular formula is C52H33BN2O2. The van der Waals surface area contributed by atoms with Crippen LogP contribution in [0, 0.1) is 0 Å². The van der Waals surface area contributed by atoms with Crippen molar-refractivity contribution in [2.75, 3.05) is 4.90 Å². The van der Waals surface area contributed by atoms with Gasteiger partial charge in [0.1, 0.15) is 23.0 Å². The van der Waals surface area contributed by atoms with E-state index in [9.17, 15) is 0 Å². The molecule has 0 bridgehead atoms. The lowest BCUT2D eigenvalue weighted by Gasteiger charge is -2.34. The summed E-state index contributed by atoms with van der Waals surface area (Å²) in [5.41, 5.74) is 12.3. The molecule has 0 amide bonds. The molecule has 5 heteroatoms. The monoisotopic (exact) mass is 728 g/mol. The summed E-state index contributed by atoms with van der Waals surface area (Å²) in [6, 6.07) is 71.2. The van der Waals surface area contributed by atoms with E-state index in [4.69, 9.17) is 9.47 Å². The molecule has 0 fully saturated rings. The van der Waals surface area contributed by atoms with Crippen molar-refractivity contribution in [3.05, 3.63) is 200 Å². The first-order valence-corrected chi connectivity index (χ1v) is 19.5. The van der Waals surface area contributed by atoms with Gasteiger partial charge < -0.3 is 18.9 Å². The van der Waals surface area contributed by atoms with Crippen molar-refractivity contribution in [3.8, 4) is 39.8 Å². The third-order valence-corrected chi connectivity index (χ3v) is 11.7. The van der Waals surface area contributed by atoms with Crippen LogP contribution in [-0.2, 0) is 0 Å². The maximum absolute atomic E-state index is 6.79. The summed E-state index contributed by atoms with van der Waals surface area (Å²) >= 11 is 0. The van der Waals surface area contributed by atoms with E-state index >= 15 is 0 Å². The Hall–Kier alpha value is -7.50. The smallest absolute Gasteiger partial charge is 0.261 e. The number of benzene rings is 9. The van der Waals surface area contributed by atoms with Crippen LogP contribution in [-0.4, -0.2) is 11.3 Å². The van der Waals surface area contributed by atoms with Crippen LogP contribution in [0.2, 0.25) is 0 Å². The molecule has 266 valence electrons. The summed E-state index contributed by atoms with van der Waals surface area (Å²) < 4.78 is 15.8. The zero-order valence-electron chi connectivity index (χ0n) is 30.8. The van der Waals surface area contributed by atoms with Gasteiger partial charge in [-0.05, 0) is 118 Å². The Bertz CT molecular complexity index is 3180. The summed E-state index contributed by atoms with van der Waals surface area (Å²) in [4.78, 5) is 2.34. The van der Waals surface area contributed by atoms with E-state index in [0.29, 0.717) is 0 Å². The van der Waals surface area contributed by atoms with E-state index in [2.05, 4.69) is 204 Å². The minimum Gasteiger partial charge on any atom is -0.458 e. The number of fused-ring (bicyclic) bond motifs is 9. The topological polar surface area (TPSA) is 26.6 Å². The van der Waals surface area contributed by atoms with Crippen LogP contribution in [0.3, 0.4) is 0 Å². The van der Waals surface area contributed by atoms with E-state index < -0.39 is 0 Å². The summed E-state index contributed by atoms with van der Waals surface area (Å²) in [6.45, 7) is 0.00437. The molecule has 0 unspecified atom stereocenters. The molecule has 0 N–H and O–H groups in total. The van der Waals surface area contributed by atoms with Crippen LogP contribution in [0.1, 0.15) is 0 Å². The van der Waals surface area contributed by atoms with Crippen LogP contribution >= 0.6 is 0 Å². The van der Waals surface area contributed by atoms with E-state index in [1.54, 1.807) is 0 Å². The second-order valence-corrected chi connectivity index (χ2v) is 14.9. The molecule has 2 aliphatic heterocycles. The maximum atomic E-state index is 6.79. The third kappa shape index (κ3) is 4.95. The van der Waals surface area contributed by atoms with Gasteiger partial charge in [0.05, 0.1) is 11.0 Å². The highest BCUT2D eigenvalue weighted by molar-refractivity contribution is 6.99. The van der Waals surface area contributed by atoms with Crippen LogP contribution < -0.4 is 30.8 Å². The fourth-order valence-corrected chi connectivity index (χ4v) is 9.17. The Morgan fingerprint density at radius 3 is 1.84 bits per heavy atom. The molecule has 0 aliphatic carbocycles. The minimum atomic E-state index is 0.00437. The zero-order valence-corrected chi connectivity index (χ0v) is 30.8. The highest BCUT2D eigenvalue weighted by Crippen LogP contribution is 2.42. The van der Waals surface area contributed by atoms with Crippen LogP contribution in [0.4, 0.5) is 17.1 Å². The van der Waals surface area contributed by atoms with Gasteiger partial charge in [-0.3, -0.25) is 0 Å². The Morgan fingerprint density at radius 1 is 0.386 bits per heavy atom. The second-order valence-electron chi connectivity index (χ2n) is 14.9. The first-order valence-electron chi connectivity index (χ1n) is 19.5. The van der Waals surface area contributed by atoms with Crippen molar-refractivity contribution in [1.29, 1.82) is 0 Å². The average molecular weight is 729 g/mol. The number of nitrogens with zero attached hydrogens (tertiary/aromatic N) is 2. The van der Waals surface area contributed by atoms with Crippen molar-refractivity contribution in [2.45, 2.75) is 0 Å². The molecule has 0 radical (unpaired) electrons. The number of rotatable bonds is 5. The van der Waals surface area contributed by atoms with E-state index in [1.165, 1.54) is 38.0 Å². The molecule has 57 heavy (non-hydrogen) atoms. The number of hydrogen-bond acceptors (Lipinski definition) is 3. The third-order valence-electron chi connectivity index (χ3n) is 11.7. The fraction of sp³-hybridized carbons (Fsp3) is 0. The molecule has 1 aromatic heterocycles. The first-order chi connectivity index (χ1) is 28.3. The largest absolute Gasteiger partial charge is 0.458 e. The van der Waals surface area contributed by atoms with Gasteiger partial charge in [0.2, 0.25) is 0 Å². The van der Waals surface area contributed by atoms with Gasteiger partial charge >= 0.3 is 0 Å². The van der Waals surface area contributed by atoms with Gasteiger partial charge in [0, 0.05) is 39.0 Å². The van der Waals surface area contributed by atoms with E-state index in [-0.39, 0.29) is 6.71 Å². The second kappa shape index (κ2) is 12.5. The van der Waals surface area contributed by atoms with Crippen molar-refractivity contribution in [2.24, 2.45) is 0 Å². The molecular weight excluding hydrogens is 695 g/mol. The summed E-state index contributed by atoms with van der Waals surface area (Å²) in [5.74, 6) is 3.45. The predicted octanol–water partition coefficient (Wildman–Crippen LogP) is 11.8. The minimum absolute atomic E-state index is 0.00437. The van der Waals surface area contributed by atoms with Gasteiger partial charge in [0.25, 0.3) is 6.71 Å². The van der Waals surface area contributed by atoms with Gasteiger partial charge in [-0.1, -0.05) is 115 Å². The molecule has 4 nitrogen and oxygen atoms in total. The van der Waals surface area contributed by atoms with Crippen molar-refractivity contribution < 1.29 is 9.47 Å².